The highest BCUT2D eigenvalue weighted by Crippen LogP contribution is 2.30. The molecular formula is C23H31N3O3S. The van der Waals surface area contributed by atoms with Gasteiger partial charge in [0.05, 0.1) is 7.11 Å². The molecule has 7 heteroatoms. The molecule has 0 spiro atoms. The van der Waals surface area contributed by atoms with Gasteiger partial charge in [0.25, 0.3) is 10.2 Å². The first-order valence-electron chi connectivity index (χ1n) is 10.1. The molecule has 1 aromatic heterocycles. The van der Waals surface area contributed by atoms with Crippen molar-refractivity contribution in [3.63, 3.8) is 0 Å². The Kier molecular flexibility index (Phi) is 6.85. The summed E-state index contributed by atoms with van der Waals surface area (Å²) in [5.74, 6) is 1.33. The Bertz CT molecular complexity index is 1120. The van der Waals surface area contributed by atoms with Gasteiger partial charge in [0, 0.05) is 44.3 Å². The molecular weight excluding hydrogens is 398 g/mol. The number of benzene rings is 2. The van der Waals surface area contributed by atoms with Crippen molar-refractivity contribution in [1.29, 1.82) is 0 Å². The molecule has 0 unspecified atom stereocenters. The summed E-state index contributed by atoms with van der Waals surface area (Å²) in [6, 6.07) is 14.5. The van der Waals surface area contributed by atoms with Gasteiger partial charge in [-0.2, -0.15) is 12.7 Å². The second kappa shape index (κ2) is 9.20. The van der Waals surface area contributed by atoms with Crippen molar-refractivity contribution in [3.8, 4) is 16.9 Å². The van der Waals surface area contributed by atoms with E-state index in [-0.39, 0.29) is 0 Å². The predicted molar refractivity (Wildman–Crippen MR) is 123 cm³/mol. The molecule has 3 aromatic rings. The normalized spacial score (nSPS) is 12.2. The van der Waals surface area contributed by atoms with Crippen LogP contribution in [0.1, 0.15) is 19.4 Å². The van der Waals surface area contributed by atoms with E-state index in [4.69, 9.17) is 4.74 Å². The summed E-state index contributed by atoms with van der Waals surface area (Å²) in [7, 11) is 1.30. The van der Waals surface area contributed by atoms with Gasteiger partial charge >= 0.3 is 0 Å². The molecule has 0 saturated carbocycles. The van der Waals surface area contributed by atoms with E-state index in [1.165, 1.54) is 18.4 Å². The van der Waals surface area contributed by atoms with E-state index in [0.29, 0.717) is 18.9 Å². The lowest BCUT2D eigenvalue weighted by Gasteiger charge is -2.11. The van der Waals surface area contributed by atoms with Crippen molar-refractivity contribution in [2.75, 3.05) is 27.7 Å². The van der Waals surface area contributed by atoms with Gasteiger partial charge in [-0.15, -0.1) is 0 Å². The highest BCUT2D eigenvalue weighted by atomic mass is 32.2. The van der Waals surface area contributed by atoms with Gasteiger partial charge in [0.15, 0.2) is 0 Å². The van der Waals surface area contributed by atoms with Crippen molar-refractivity contribution in [1.82, 2.24) is 13.6 Å². The van der Waals surface area contributed by atoms with E-state index < -0.39 is 10.2 Å². The number of methoxy groups -OCH3 is 1. The van der Waals surface area contributed by atoms with Gasteiger partial charge in [-0.3, -0.25) is 0 Å². The molecule has 0 fully saturated rings. The van der Waals surface area contributed by atoms with Crippen LogP contribution in [0.2, 0.25) is 0 Å². The van der Waals surface area contributed by atoms with Crippen LogP contribution in [0, 0.1) is 5.92 Å². The second-order valence-electron chi connectivity index (χ2n) is 8.10. The van der Waals surface area contributed by atoms with Crippen molar-refractivity contribution in [3.05, 3.63) is 54.2 Å². The van der Waals surface area contributed by atoms with Gasteiger partial charge < -0.3 is 9.30 Å². The zero-order valence-electron chi connectivity index (χ0n) is 18.3. The van der Waals surface area contributed by atoms with Gasteiger partial charge in [0.2, 0.25) is 0 Å². The number of nitrogens with zero attached hydrogens (tertiary/aromatic N) is 2. The van der Waals surface area contributed by atoms with Gasteiger partial charge in [-0.25, -0.2) is 4.72 Å². The monoisotopic (exact) mass is 429 g/mol. The van der Waals surface area contributed by atoms with Crippen molar-refractivity contribution >= 4 is 21.1 Å². The number of hydrogen-bond acceptors (Lipinski definition) is 3. The van der Waals surface area contributed by atoms with Crippen LogP contribution in [0.15, 0.2) is 48.7 Å². The van der Waals surface area contributed by atoms with E-state index in [1.54, 1.807) is 7.11 Å². The van der Waals surface area contributed by atoms with Crippen LogP contribution in [0.4, 0.5) is 0 Å². The fourth-order valence-electron chi connectivity index (χ4n) is 3.54. The molecule has 0 amide bonds. The average molecular weight is 430 g/mol. The topological polar surface area (TPSA) is 63.6 Å². The van der Waals surface area contributed by atoms with Crippen LogP contribution >= 0.6 is 0 Å². The quantitative estimate of drug-likeness (QED) is 0.561. The standard InChI is InChI=1S/C23H31N3O3S/c1-17(2)15-26-16-20(11-12-24-30(27,28)25(3)4)22-10-9-19(14-23(22)26)18-7-6-8-21(13-18)29-5/h6-10,13-14,16-17,24H,11-12,15H2,1-5H3. The summed E-state index contributed by atoms with van der Waals surface area (Å²) in [4.78, 5) is 0. The SMILES string of the molecule is COc1cccc(-c2ccc3c(CCNS(=O)(=O)N(C)C)cn(CC(C)C)c3c2)c1. The van der Waals surface area contributed by atoms with Crippen molar-refractivity contribution < 1.29 is 13.2 Å². The first-order valence-corrected chi connectivity index (χ1v) is 11.6. The highest BCUT2D eigenvalue weighted by molar-refractivity contribution is 7.87. The van der Waals surface area contributed by atoms with Crippen molar-refractivity contribution in [2.24, 2.45) is 5.92 Å². The first-order chi connectivity index (χ1) is 14.2. The van der Waals surface area contributed by atoms with Gasteiger partial charge in [-0.05, 0) is 47.2 Å². The third-order valence-electron chi connectivity index (χ3n) is 5.09. The van der Waals surface area contributed by atoms with Crippen LogP contribution in [-0.4, -0.2) is 45.0 Å². The van der Waals surface area contributed by atoms with Crippen LogP contribution in [0.3, 0.4) is 0 Å². The zero-order chi connectivity index (χ0) is 21.9. The smallest absolute Gasteiger partial charge is 0.278 e. The Morgan fingerprint density at radius 1 is 1.10 bits per heavy atom. The Balaban J connectivity index is 1.95. The predicted octanol–water partition coefficient (Wildman–Crippen LogP) is 3.91. The Hall–Kier alpha value is -2.35. The molecule has 3 rings (SSSR count). The summed E-state index contributed by atoms with van der Waals surface area (Å²) in [6.45, 7) is 5.66. The van der Waals surface area contributed by atoms with Crippen LogP contribution in [0.25, 0.3) is 22.0 Å². The minimum atomic E-state index is -3.42. The Morgan fingerprint density at radius 3 is 2.50 bits per heavy atom. The Morgan fingerprint density at radius 2 is 1.83 bits per heavy atom. The number of hydrogen-bond donors (Lipinski definition) is 1. The van der Waals surface area contributed by atoms with E-state index in [9.17, 15) is 8.42 Å². The fraction of sp³-hybridized carbons (Fsp3) is 0.391. The fourth-order valence-corrected chi connectivity index (χ4v) is 4.16. The molecule has 0 aliphatic heterocycles. The zero-order valence-corrected chi connectivity index (χ0v) is 19.2. The Labute approximate surface area is 179 Å². The molecule has 0 bridgehead atoms. The van der Waals surface area contributed by atoms with Crippen LogP contribution < -0.4 is 9.46 Å². The molecule has 1 N–H and O–H groups in total. The van der Waals surface area contributed by atoms with Crippen LogP contribution in [0.5, 0.6) is 5.75 Å². The summed E-state index contributed by atoms with van der Waals surface area (Å²) in [5.41, 5.74) is 4.54. The maximum Gasteiger partial charge on any atom is 0.278 e. The lowest BCUT2D eigenvalue weighted by molar-refractivity contribution is 0.415. The minimum Gasteiger partial charge on any atom is -0.497 e. The van der Waals surface area contributed by atoms with E-state index in [1.807, 2.05) is 18.2 Å². The largest absolute Gasteiger partial charge is 0.497 e. The highest BCUT2D eigenvalue weighted by Gasteiger charge is 2.15. The molecule has 6 nitrogen and oxygen atoms in total. The number of fused-ring (bicyclic) bond motifs is 1. The number of ether oxygens (including phenoxy) is 1. The lowest BCUT2D eigenvalue weighted by atomic mass is 10.0. The summed E-state index contributed by atoms with van der Waals surface area (Å²) < 4.78 is 35.5. The molecule has 30 heavy (non-hydrogen) atoms. The molecule has 0 aliphatic carbocycles. The molecule has 0 saturated heterocycles. The average Bonchev–Trinajstić information content (AvgIpc) is 3.04. The maximum atomic E-state index is 12.0. The summed E-state index contributed by atoms with van der Waals surface area (Å²) >= 11 is 0. The van der Waals surface area contributed by atoms with E-state index in [2.05, 4.69) is 53.6 Å². The summed E-state index contributed by atoms with van der Waals surface area (Å²) in [6.07, 6.45) is 2.79. The number of aromatic nitrogens is 1. The molecule has 2 aromatic carbocycles. The van der Waals surface area contributed by atoms with Gasteiger partial charge in [0.1, 0.15) is 5.75 Å². The molecule has 0 radical (unpaired) electrons. The third kappa shape index (κ3) is 5.03. The molecule has 0 aliphatic rings. The van der Waals surface area contributed by atoms with E-state index in [0.717, 1.165) is 39.9 Å². The number of rotatable bonds is 9. The molecule has 162 valence electrons. The van der Waals surface area contributed by atoms with Crippen molar-refractivity contribution in [2.45, 2.75) is 26.8 Å². The minimum absolute atomic E-state index is 0.360. The molecule has 0 atom stereocenters. The van der Waals surface area contributed by atoms with E-state index >= 15 is 0 Å². The third-order valence-corrected chi connectivity index (χ3v) is 6.62. The second-order valence-corrected chi connectivity index (χ2v) is 10.1. The summed E-state index contributed by atoms with van der Waals surface area (Å²) in [5, 5.41) is 1.16. The maximum absolute atomic E-state index is 12.0. The van der Waals surface area contributed by atoms with Crippen LogP contribution in [-0.2, 0) is 23.2 Å². The van der Waals surface area contributed by atoms with Gasteiger partial charge in [-0.1, -0.05) is 38.1 Å². The first kappa shape index (κ1) is 22.3. The number of nitrogens with one attached hydrogen (secondary N) is 1. The lowest BCUT2D eigenvalue weighted by Crippen LogP contribution is -2.36. The molecule has 1 heterocycles.